The number of pyridine rings is 1. The smallest absolute Gasteiger partial charge is 0.161 e. The highest BCUT2D eigenvalue weighted by atomic mass is 35.5. The molecule has 68 valence electrons. The van der Waals surface area contributed by atoms with E-state index in [0.29, 0.717) is 5.15 Å². The molecule has 0 N–H and O–H groups in total. The second kappa shape index (κ2) is 3.00. The number of imidazole rings is 1. The summed E-state index contributed by atoms with van der Waals surface area (Å²) in [6, 6.07) is 3.65. The molecule has 0 atom stereocenters. The zero-order chi connectivity index (χ0) is 9.42. The highest BCUT2D eigenvalue weighted by molar-refractivity contribution is 6.29. The summed E-state index contributed by atoms with van der Waals surface area (Å²) in [5.41, 5.74) is 1.76. The third-order valence-electron chi connectivity index (χ3n) is 2.09. The summed E-state index contributed by atoms with van der Waals surface area (Å²) in [5.74, 6) is 1.03. The van der Waals surface area contributed by atoms with E-state index >= 15 is 0 Å². The van der Waals surface area contributed by atoms with Gasteiger partial charge in [-0.05, 0) is 12.1 Å². The van der Waals surface area contributed by atoms with Crippen LogP contribution in [0.5, 0.6) is 0 Å². The first-order valence-electron chi connectivity index (χ1n) is 4.20. The monoisotopic (exact) mass is 195 g/mol. The number of hydrogen-bond donors (Lipinski definition) is 0. The van der Waals surface area contributed by atoms with Crippen molar-refractivity contribution >= 4 is 22.8 Å². The second-order valence-corrected chi connectivity index (χ2v) is 3.30. The largest absolute Gasteiger partial charge is 0.316 e. The Morgan fingerprint density at radius 2 is 2.15 bits per heavy atom. The fraction of sp³-hybridized carbons (Fsp3) is 0.333. The fourth-order valence-electron chi connectivity index (χ4n) is 1.40. The van der Waals surface area contributed by atoms with Crippen molar-refractivity contribution in [2.75, 3.05) is 0 Å². The summed E-state index contributed by atoms with van der Waals surface area (Å²) in [4.78, 5) is 8.62. The average Bonchev–Trinajstić information content (AvgIpc) is 2.44. The highest BCUT2D eigenvalue weighted by Gasteiger charge is 2.06. The maximum atomic E-state index is 5.79. The van der Waals surface area contributed by atoms with Gasteiger partial charge in [0.25, 0.3) is 0 Å². The van der Waals surface area contributed by atoms with E-state index in [-0.39, 0.29) is 0 Å². The van der Waals surface area contributed by atoms with Crippen LogP contribution in [0.3, 0.4) is 0 Å². The van der Waals surface area contributed by atoms with Gasteiger partial charge in [0.15, 0.2) is 5.65 Å². The average molecular weight is 196 g/mol. The molecule has 0 spiro atoms. The zero-order valence-electron chi connectivity index (χ0n) is 7.58. The van der Waals surface area contributed by atoms with Crippen molar-refractivity contribution in [3.8, 4) is 0 Å². The topological polar surface area (TPSA) is 30.7 Å². The molecule has 0 saturated heterocycles. The van der Waals surface area contributed by atoms with Crippen molar-refractivity contribution in [1.29, 1.82) is 0 Å². The number of hydrogen-bond acceptors (Lipinski definition) is 2. The molecule has 0 bridgehead atoms. The van der Waals surface area contributed by atoms with Gasteiger partial charge in [0.2, 0.25) is 0 Å². The van der Waals surface area contributed by atoms with E-state index in [0.717, 1.165) is 23.4 Å². The van der Waals surface area contributed by atoms with Gasteiger partial charge in [0.1, 0.15) is 16.5 Å². The van der Waals surface area contributed by atoms with Crippen molar-refractivity contribution in [3.63, 3.8) is 0 Å². The molecule has 0 aromatic carbocycles. The Morgan fingerprint density at radius 1 is 1.38 bits per heavy atom. The van der Waals surface area contributed by atoms with Gasteiger partial charge in [-0.1, -0.05) is 18.5 Å². The van der Waals surface area contributed by atoms with E-state index in [2.05, 4.69) is 16.9 Å². The van der Waals surface area contributed by atoms with E-state index in [1.54, 1.807) is 6.07 Å². The van der Waals surface area contributed by atoms with Crippen LogP contribution in [-0.4, -0.2) is 14.5 Å². The van der Waals surface area contributed by atoms with E-state index in [4.69, 9.17) is 11.6 Å². The fourth-order valence-corrected chi connectivity index (χ4v) is 1.55. The molecule has 4 heteroatoms. The Labute approximate surface area is 81.4 Å². The molecule has 13 heavy (non-hydrogen) atoms. The minimum Gasteiger partial charge on any atom is -0.316 e. The minimum absolute atomic E-state index is 0.512. The molecule has 0 unspecified atom stereocenters. The molecule has 2 heterocycles. The van der Waals surface area contributed by atoms with Crippen LogP contribution in [0.25, 0.3) is 11.2 Å². The highest BCUT2D eigenvalue weighted by Crippen LogP contribution is 2.15. The molecule has 2 aromatic rings. The first-order chi connectivity index (χ1) is 6.22. The van der Waals surface area contributed by atoms with Crippen LogP contribution in [0.4, 0.5) is 0 Å². The number of aryl methyl sites for hydroxylation is 2. The van der Waals surface area contributed by atoms with Gasteiger partial charge in [-0.25, -0.2) is 9.97 Å². The number of halogens is 1. The van der Waals surface area contributed by atoms with E-state index in [9.17, 15) is 0 Å². The second-order valence-electron chi connectivity index (χ2n) is 2.92. The van der Waals surface area contributed by atoms with Gasteiger partial charge >= 0.3 is 0 Å². The van der Waals surface area contributed by atoms with Crippen LogP contribution in [0.2, 0.25) is 5.15 Å². The lowest BCUT2D eigenvalue weighted by molar-refractivity contribution is 0.821. The first kappa shape index (κ1) is 8.51. The predicted octanol–water partition coefficient (Wildman–Crippen LogP) is 2.18. The molecule has 2 rings (SSSR count). The Morgan fingerprint density at radius 3 is 2.85 bits per heavy atom. The van der Waals surface area contributed by atoms with Crippen LogP contribution in [0.1, 0.15) is 12.7 Å². The first-order valence-corrected chi connectivity index (χ1v) is 4.58. The van der Waals surface area contributed by atoms with Crippen LogP contribution >= 0.6 is 11.6 Å². The lowest BCUT2D eigenvalue weighted by Crippen LogP contribution is -1.96. The summed E-state index contributed by atoms with van der Waals surface area (Å²) >= 11 is 5.79. The number of aromatic nitrogens is 3. The SMILES string of the molecule is CCc1nc2ccc(Cl)nc2n1C. The summed E-state index contributed by atoms with van der Waals surface area (Å²) < 4.78 is 1.97. The summed E-state index contributed by atoms with van der Waals surface area (Å²) in [6.45, 7) is 2.07. The molecular formula is C9H10ClN3. The predicted molar refractivity (Wildman–Crippen MR) is 52.9 cm³/mol. The van der Waals surface area contributed by atoms with Gasteiger partial charge in [0.05, 0.1) is 0 Å². The Kier molecular flexibility index (Phi) is 1.96. The molecular weight excluding hydrogens is 186 g/mol. The van der Waals surface area contributed by atoms with E-state index < -0.39 is 0 Å². The van der Waals surface area contributed by atoms with Crippen molar-refractivity contribution in [2.24, 2.45) is 7.05 Å². The van der Waals surface area contributed by atoms with Crippen molar-refractivity contribution in [1.82, 2.24) is 14.5 Å². The summed E-state index contributed by atoms with van der Waals surface area (Å²) in [5, 5.41) is 0.512. The lowest BCUT2D eigenvalue weighted by Gasteiger charge is -1.96. The number of nitrogens with zero attached hydrogens (tertiary/aromatic N) is 3. The van der Waals surface area contributed by atoms with Gasteiger partial charge < -0.3 is 4.57 Å². The molecule has 0 fully saturated rings. The Bertz CT molecular complexity index is 447. The molecule has 2 aromatic heterocycles. The van der Waals surface area contributed by atoms with Crippen molar-refractivity contribution < 1.29 is 0 Å². The molecule has 0 aliphatic carbocycles. The maximum Gasteiger partial charge on any atom is 0.161 e. The van der Waals surface area contributed by atoms with Crippen LogP contribution in [-0.2, 0) is 13.5 Å². The minimum atomic E-state index is 0.512. The third-order valence-corrected chi connectivity index (χ3v) is 2.30. The standard InChI is InChI=1S/C9H10ClN3/c1-3-8-11-6-4-5-7(10)12-9(6)13(8)2/h4-5H,3H2,1-2H3. The molecule has 0 aliphatic heterocycles. The molecule has 0 aliphatic rings. The number of rotatable bonds is 1. The molecule has 3 nitrogen and oxygen atoms in total. The van der Waals surface area contributed by atoms with E-state index in [1.165, 1.54) is 0 Å². The third kappa shape index (κ3) is 1.29. The van der Waals surface area contributed by atoms with Gasteiger partial charge in [-0.15, -0.1) is 0 Å². The Hall–Kier alpha value is -1.09. The molecule has 0 radical (unpaired) electrons. The van der Waals surface area contributed by atoms with Gasteiger partial charge in [0, 0.05) is 13.5 Å². The van der Waals surface area contributed by atoms with Gasteiger partial charge in [-0.2, -0.15) is 0 Å². The van der Waals surface area contributed by atoms with Crippen molar-refractivity contribution in [3.05, 3.63) is 23.1 Å². The Balaban J connectivity index is 2.77. The maximum absolute atomic E-state index is 5.79. The normalized spacial score (nSPS) is 11.0. The van der Waals surface area contributed by atoms with Crippen LogP contribution in [0.15, 0.2) is 12.1 Å². The lowest BCUT2D eigenvalue weighted by atomic mass is 10.4. The van der Waals surface area contributed by atoms with Crippen LogP contribution < -0.4 is 0 Å². The van der Waals surface area contributed by atoms with Gasteiger partial charge in [-0.3, -0.25) is 0 Å². The van der Waals surface area contributed by atoms with Crippen LogP contribution in [0, 0.1) is 0 Å². The molecule has 0 saturated carbocycles. The summed E-state index contributed by atoms with van der Waals surface area (Å²) in [6.07, 6.45) is 0.907. The number of fused-ring (bicyclic) bond motifs is 1. The zero-order valence-corrected chi connectivity index (χ0v) is 8.34. The van der Waals surface area contributed by atoms with E-state index in [1.807, 2.05) is 17.7 Å². The summed E-state index contributed by atoms with van der Waals surface area (Å²) in [7, 11) is 1.96. The molecule has 0 amide bonds. The van der Waals surface area contributed by atoms with Crippen molar-refractivity contribution in [2.45, 2.75) is 13.3 Å². The quantitative estimate of drug-likeness (QED) is 0.653.